The molecular formula is C13H17N3OS. The molecule has 1 aromatic rings. The van der Waals surface area contributed by atoms with Crippen molar-refractivity contribution < 1.29 is 4.79 Å². The minimum atomic E-state index is 0.259. The molecule has 2 bridgehead atoms. The Kier molecular flexibility index (Phi) is 2.53. The molecule has 0 radical (unpaired) electrons. The van der Waals surface area contributed by atoms with Crippen LogP contribution in [0.4, 0.5) is 0 Å². The lowest BCUT2D eigenvalue weighted by atomic mass is 10.0. The van der Waals surface area contributed by atoms with E-state index in [0.29, 0.717) is 12.5 Å². The number of aromatic nitrogens is 1. The van der Waals surface area contributed by atoms with Crippen molar-refractivity contribution in [1.29, 1.82) is 0 Å². The first kappa shape index (κ1) is 11.1. The number of Topliss-reactive ketones (excluding diaryl/α,β-unsaturated/α-hetero) is 1. The lowest BCUT2D eigenvalue weighted by molar-refractivity contribution is 0.0122. The first-order chi connectivity index (χ1) is 8.81. The van der Waals surface area contributed by atoms with Crippen LogP contribution < -0.4 is 0 Å². The smallest absolute Gasteiger partial charge is 0.182 e. The highest BCUT2D eigenvalue weighted by atomic mass is 32.1. The number of piperazine rings is 3. The van der Waals surface area contributed by atoms with E-state index < -0.39 is 0 Å². The number of fused-ring (bicyclic) bond motifs is 4. The fourth-order valence-corrected chi connectivity index (χ4v) is 4.53. The zero-order valence-corrected chi connectivity index (χ0v) is 11.2. The Balaban J connectivity index is 1.67. The molecule has 0 aromatic carbocycles. The summed E-state index contributed by atoms with van der Waals surface area (Å²) in [4.78, 5) is 22.8. The van der Waals surface area contributed by atoms with Crippen molar-refractivity contribution in [3.05, 3.63) is 15.6 Å². The standard InChI is InChI=1S/C13H17N3OS/c17-10-2-1-3-11-12(10)14-13(18-11)9-8-15-4-6-16(9)7-5-15/h9H,1-8H2. The summed E-state index contributed by atoms with van der Waals surface area (Å²) in [6, 6.07) is 0.441. The Hall–Kier alpha value is -0.780. The van der Waals surface area contributed by atoms with E-state index in [2.05, 4.69) is 14.8 Å². The molecule has 5 rings (SSSR count). The van der Waals surface area contributed by atoms with Crippen LogP contribution in [0, 0.1) is 0 Å². The molecule has 1 aliphatic carbocycles. The van der Waals surface area contributed by atoms with Gasteiger partial charge in [-0.05, 0) is 12.8 Å². The largest absolute Gasteiger partial charge is 0.299 e. The number of carbonyl (C=O) groups excluding carboxylic acids is 1. The highest BCUT2D eigenvalue weighted by Crippen LogP contribution is 2.35. The second kappa shape index (κ2) is 4.11. The molecule has 0 N–H and O–H groups in total. The number of aryl methyl sites for hydroxylation is 1. The SMILES string of the molecule is O=C1CCCc2sc(C3CN4CCN3CC4)nc21. The lowest BCUT2D eigenvalue weighted by Crippen LogP contribution is -2.56. The van der Waals surface area contributed by atoms with Crippen LogP contribution in [0.3, 0.4) is 0 Å². The summed E-state index contributed by atoms with van der Waals surface area (Å²) >= 11 is 1.78. The molecule has 18 heavy (non-hydrogen) atoms. The summed E-state index contributed by atoms with van der Waals surface area (Å²) in [5.41, 5.74) is 0.791. The van der Waals surface area contributed by atoms with Gasteiger partial charge in [0.25, 0.3) is 0 Å². The second-order valence-corrected chi connectivity index (χ2v) is 6.57. The van der Waals surface area contributed by atoms with Gasteiger partial charge in [-0.3, -0.25) is 14.6 Å². The maximum absolute atomic E-state index is 11.9. The maximum Gasteiger partial charge on any atom is 0.182 e. The van der Waals surface area contributed by atoms with E-state index >= 15 is 0 Å². The van der Waals surface area contributed by atoms with Gasteiger partial charge >= 0.3 is 0 Å². The van der Waals surface area contributed by atoms with Gasteiger partial charge in [-0.25, -0.2) is 4.98 Å². The quantitative estimate of drug-likeness (QED) is 0.766. The molecule has 5 heteroatoms. The average molecular weight is 263 g/mol. The topological polar surface area (TPSA) is 36.4 Å². The summed E-state index contributed by atoms with van der Waals surface area (Å²) in [5, 5.41) is 1.18. The molecule has 3 aliphatic heterocycles. The summed E-state index contributed by atoms with van der Waals surface area (Å²) in [7, 11) is 0. The predicted octanol–water partition coefficient (Wildman–Crippen LogP) is 1.33. The van der Waals surface area contributed by atoms with Gasteiger partial charge in [0, 0.05) is 44.0 Å². The Labute approximate surface area is 111 Å². The molecule has 96 valence electrons. The third kappa shape index (κ3) is 1.65. The van der Waals surface area contributed by atoms with Gasteiger partial charge in [0.2, 0.25) is 0 Å². The average Bonchev–Trinajstić information content (AvgIpc) is 2.85. The van der Waals surface area contributed by atoms with Crippen molar-refractivity contribution >= 4 is 17.1 Å². The highest BCUT2D eigenvalue weighted by molar-refractivity contribution is 7.12. The van der Waals surface area contributed by atoms with Crippen LogP contribution in [0.1, 0.15) is 39.3 Å². The van der Waals surface area contributed by atoms with Gasteiger partial charge in [-0.2, -0.15) is 0 Å². The Morgan fingerprint density at radius 2 is 2.00 bits per heavy atom. The third-order valence-electron chi connectivity index (χ3n) is 4.35. The minimum Gasteiger partial charge on any atom is -0.299 e. The van der Waals surface area contributed by atoms with E-state index in [4.69, 9.17) is 0 Å². The van der Waals surface area contributed by atoms with Crippen molar-refractivity contribution in [2.75, 3.05) is 32.7 Å². The molecule has 0 saturated carbocycles. The molecule has 3 fully saturated rings. The number of hydrogen-bond donors (Lipinski definition) is 0. The van der Waals surface area contributed by atoms with Gasteiger partial charge in [-0.15, -0.1) is 11.3 Å². The number of thiazole rings is 1. The van der Waals surface area contributed by atoms with E-state index in [1.54, 1.807) is 11.3 Å². The number of nitrogens with zero attached hydrogens (tertiary/aromatic N) is 3. The van der Waals surface area contributed by atoms with Crippen LogP contribution in [-0.4, -0.2) is 53.3 Å². The minimum absolute atomic E-state index is 0.259. The van der Waals surface area contributed by atoms with Crippen LogP contribution in [0.15, 0.2) is 0 Å². The molecular weight excluding hydrogens is 246 g/mol. The van der Waals surface area contributed by atoms with E-state index in [1.807, 2.05) is 0 Å². The van der Waals surface area contributed by atoms with Gasteiger partial charge in [-0.1, -0.05) is 0 Å². The van der Waals surface area contributed by atoms with Crippen molar-refractivity contribution in [2.24, 2.45) is 0 Å². The number of hydrogen-bond acceptors (Lipinski definition) is 5. The molecule has 0 amide bonds. The number of ketones is 1. The summed E-state index contributed by atoms with van der Waals surface area (Å²) in [6.07, 6.45) is 2.75. The maximum atomic E-state index is 11.9. The first-order valence-corrected chi connectivity index (χ1v) is 7.62. The molecule has 1 atom stereocenters. The normalized spacial score (nSPS) is 34.7. The fraction of sp³-hybridized carbons (Fsp3) is 0.692. The lowest BCUT2D eigenvalue weighted by Gasteiger charge is -2.46. The van der Waals surface area contributed by atoms with Gasteiger partial charge in [0.15, 0.2) is 5.78 Å². The molecule has 1 unspecified atom stereocenters. The van der Waals surface area contributed by atoms with Crippen molar-refractivity contribution in [1.82, 2.24) is 14.8 Å². The monoisotopic (exact) mass is 263 g/mol. The molecule has 3 saturated heterocycles. The Bertz CT molecular complexity index is 490. The summed E-state index contributed by atoms with van der Waals surface area (Å²) in [5.74, 6) is 0.259. The van der Waals surface area contributed by atoms with Gasteiger partial charge < -0.3 is 0 Å². The number of rotatable bonds is 1. The molecule has 4 aliphatic rings. The van der Waals surface area contributed by atoms with Crippen molar-refractivity contribution in [3.63, 3.8) is 0 Å². The van der Waals surface area contributed by atoms with Crippen molar-refractivity contribution in [3.8, 4) is 0 Å². The van der Waals surface area contributed by atoms with Crippen LogP contribution in [0.25, 0.3) is 0 Å². The van der Waals surface area contributed by atoms with Crippen LogP contribution in [0.2, 0.25) is 0 Å². The Morgan fingerprint density at radius 3 is 2.67 bits per heavy atom. The van der Waals surface area contributed by atoms with Crippen LogP contribution in [-0.2, 0) is 6.42 Å². The zero-order chi connectivity index (χ0) is 12.1. The van der Waals surface area contributed by atoms with Gasteiger partial charge in [0.05, 0.1) is 6.04 Å². The second-order valence-electron chi connectivity index (χ2n) is 5.45. The van der Waals surface area contributed by atoms with E-state index in [0.717, 1.165) is 38.2 Å². The third-order valence-corrected chi connectivity index (χ3v) is 5.57. The molecule has 1 aromatic heterocycles. The van der Waals surface area contributed by atoms with Gasteiger partial charge in [0.1, 0.15) is 10.7 Å². The fourth-order valence-electron chi connectivity index (χ4n) is 3.28. The number of carbonyl (C=O) groups is 1. The van der Waals surface area contributed by atoms with Crippen LogP contribution >= 0.6 is 11.3 Å². The van der Waals surface area contributed by atoms with E-state index in [-0.39, 0.29) is 5.78 Å². The predicted molar refractivity (Wildman–Crippen MR) is 70.1 cm³/mol. The first-order valence-electron chi connectivity index (χ1n) is 6.80. The molecule has 0 spiro atoms. The Morgan fingerprint density at radius 1 is 1.17 bits per heavy atom. The summed E-state index contributed by atoms with van der Waals surface area (Å²) < 4.78 is 0. The summed E-state index contributed by atoms with van der Waals surface area (Å²) in [6.45, 7) is 5.80. The van der Waals surface area contributed by atoms with E-state index in [1.165, 1.54) is 23.0 Å². The van der Waals surface area contributed by atoms with Crippen LogP contribution in [0.5, 0.6) is 0 Å². The molecule has 4 heterocycles. The van der Waals surface area contributed by atoms with E-state index in [9.17, 15) is 4.79 Å². The van der Waals surface area contributed by atoms with Crippen molar-refractivity contribution in [2.45, 2.75) is 25.3 Å². The highest BCUT2D eigenvalue weighted by Gasteiger charge is 2.35. The zero-order valence-electron chi connectivity index (χ0n) is 10.4. The molecule has 4 nitrogen and oxygen atoms in total.